The molecule has 0 saturated carbocycles. The Morgan fingerprint density at radius 3 is 2.61 bits per heavy atom. The third kappa shape index (κ3) is 3.40. The Morgan fingerprint density at radius 2 is 1.94 bits per heavy atom. The van der Waals surface area contributed by atoms with E-state index in [4.69, 9.17) is 4.74 Å². The second-order valence-corrected chi connectivity index (χ2v) is 8.02. The van der Waals surface area contributed by atoms with Crippen LogP contribution in [0.15, 0.2) is 30.3 Å². The van der Waals surface area contributed by atoms with E-state index < -0.39 is 6.04 Å². The molecule has 1 aromatic heterocycles. The van der Waals surface area contributed by atoms with Gasteiger partial charge in [0.1, 0.15) is 17.1 Å². The zero-order valence-electron chi connectivity index (χ0n) is 18.2. The molecular formula is C24H27N3O4. The number of methoxy groups -OCH3 is 1. The molecule has 1 unspecified atom stereocenters. The number of aromatic amines is 1. The Bertz CT molecular complexity index is 1130. The summed E-state index contributed by atoms with van der Waals surface area (Å²) in [6.07, 6.45) is 1.81. The molecule has 1 amide bonds. The average molecular weight is 421 g/mol. The number of benzene rings is 2. The predicted molar refractivity (Wildman–Crippen MR) is 118 cm³/mol. The highest BCUT2D eigenvalue weighted by atomic mass is 16.5. The van der Waals surface area contributed by atoms with E-state index in [0.717, 1.165) is 35.1 Å². The molecule has 0 radical (unpaired) electrons. The van der Waals surface area contributed by atoms with E-state index in [1.54, 1.807) is 24.3 Å². The Morgan fingerprint density at radius 1 is 1.16 bits per heavy atom. The number of phenolic OH excluding ortho intramolecular Hbond substituents is 2. The van der Waals surface area contributed by atoms with Gasteiger partial charge >= 0.3 is 0 Å². The Hall–Kier alpha value is -3.48. The highest BCUT2D eigenvalue weighted by Crippen LogP contribution is 2.46. The molecule has 0 bridgehead atoms. The minimum atomic E-state index is -0.405. The molecule has 31 heavy (non-hydrogen) atoms. The number of amides is 1. The first-order chi connectivity index (χ1) is 14.9. The van der Waals surface area contributed by atoms with Crippen molar-refractivity contribution in [3.8, 4) is 28.5 Å². The van der Waals surface area contributed by atoms with Crippen LogP contribution < -0.4 is 4.74 Å². The summed E-state index contributed by atoms with van der Waals surface area (Å²) in [5.74, 6) is 0.389. The normalized spacial score (nSPS) is 15.4. The van der Waals surface area contributed by atoms with Gasteiger partial charge in [-0.25, -0.2) is 0 Å². The van der Waals surface area contributed by atoms with Gasteiger partial charge in [-0.2, -0.15) is 5.10 Å². The van der Waals surface area contributed by atoms with Crippen LogP contribution in [0.25, 0.3) is 11.3 Å². The minimum absolute atomic E-state index is 0.0374. The fourth-order valence-electron chi connectivity index (χ4n) is 4.41. The number of unbranched alkanes of at least 4 members (excludes halogenated alkanes) is 1. The van der Waals surface area contributed by atoms with Crippen molar-refractivity contribution in [1.82, 2.24) is 15.1 Å². The lowest BCUT2D eigenvalue weighted by Crippen LogP contribution is -2.30. The molecular weight excluding hydrogens is 394 g/mol. The van der Waals surface area contributed by atoms with Gasteiger partial charge in [0, 0.05) is 17.7 Å². The quantitative estimate of drug-likeness (QED) is 0.546. The van der Waals surface area contributed by atoms with Crippen LogP contribution in [0.2, 0.25) is 0 Å². The van der Waals surface area contributed by atoms with Gasteiger partial charge in [0.25, 0.3) is 5.91 Å². The van der Waals surface area contributed by atoms with Crippen molar-refractivity contribution in [2.75, 3.05) is 13.7 Å². The summed E-state index contributed by atoms with van der Waals surface area (Å²) in [5.41, 5.74) is 4.99. The van der Waals surface area contributed by atoms with E-state index in [9.17, 15) is 15.0 Å². The topological polar surface area (TPSA) is 98.7 Å². The third-order valence-electron chi connectivity index (χ3n) is 5.83. The molecule has 0 saturated heterocycles. The zero-order chi connectivity index (χ0) is 22.3. The number of aromatic hydroxyl groups is 2. The number of phenols is 2. The summed E-state index contributed by atoms with van der Waals surface area (Å²) in [6.45, 7) is 6.52. The zero-order valence-corrected chi connectivity index (χ0v) is 18.2. The van der Waals surface area contributed by atoms with Crippen molar-refractivity contribution in [2.45, 2.75) is 39.7 Å². The molecule has 1 aliphatic heterocycles. The van der Waals surface area contributed by atoms with Crippen LogP contribution in [-0.2, 0) is 0 Å². The van der Waals surface area contributed by atoms with Crippen molar-refractivity contribution in [2.24, 2.45) is 0 Å². The van der Waals surface area contributed by atoms with Crippen LogP contribution in [0.4, 0.5) is 0 Å². The Balaban J connectivity index is 1.93. The molecule has 162 valence electrons. The van der Waals surface area contributed by atoms with Gasteiger partial charge < -0.3 is 19.8 Å². The summed E-state index contributed by atoms with van der Waals surface area (Å²) >= 11 is 0. The molecule has 2 aromatic carbocycles. The molecule has 7 heteroatoms. The van der Waals surface area contributed by atoms with E-state index in [1.165, 1.54) is 7.11 Å². The summed E-state index contributed by atoms with van der Waals surface area (Å²) in [5, 5.41) is 28.1. The fourth-order valence-corrected chi connectivity index (χ4v) is 4.41. The highest BCUT2D eigenvalue weighted by molar-refractivity contribution is 6.00. The number of carbonyl (C=O) groups excluding carboxylic acids is 1. The maximum absolute atomic E-state index is 13.3. The van der Waals surface area contributed by atoms with Crippen LogP contribution in [-0.4, -0.2) is 44.9 Å². The monoisotopic (exact) mass is 421 g/mol. The first kappa shape index (κ1) is 20.8. The molecule has 1 atom stereocenters. The number of carbonyl (C=O) groups is 1. The Kier molecular flexibility index (Phi) is 5.35. The maximum atomic E-state index is 13.3. The van der Waals surface area contributed by atoms with Crippen LogP contribution in [0.3, 0.4) is 0 Å². The fraction of sp³-hybridized carbons (Fsp3) is 0.333. The number of aryl methyl sites for hydroxylation is 2. The standard InChI is InChI=1S/C24H27N3O4/c1-5-6-9-27-23(15-7-8-16(28)18(12-15)31-4)20-21(25-26-22(20)24(27)30)19-14(3)10-13(2)11-17(19)29/h7-8,10-12,23,28-29H,5-6,9H2,1-4H3,(H,25,26). The van der Waals surface area contributed by atoms with Crippen molar-refractivity contribution in [1.29, 1.82) is 0 Å². The lowest BCUT2D eigenvalue weighted by Gasteiger charge is -2.27. The number of hydrogen-bond acceptors (Lipinski definition) is 5. The van der Waals surface area contributed by atoms with E-state index >= 15 is 0 Å². The molecule has 1 aliphatic rings. The highest BCUT2D eigenvalue weighted by Gasteiger charge is 2.42. The largest absolute Gasteiger partial charge is 0.507 e. The molecule has 3 aromatic rings. The summed E-state index contributed by atoms with van der Waals surface area (Å²) in [4.78, 5) is 15.1. The second kappa shape index (κ2) is 7.98. The molecule has 0 fully saturated rings. The lowest BCUT2D eigenvalue weighted by molar-refractivity contribution is 0.0741. The molecule has 4 rings (SSSR count). The summed E-state index contributed by atoms with van der Waals surface area (Å²) in [7, 11) is 1.50. The van der Waals surface area contributed by atoms with Crippen molar-refractivity contribution in [3.05, 3.63) is 58.3 Å². The smallest absolute Gasteiger partial charge is 0.273 e. The van der Waals surface area contributed by atoms with Gasteiger partial charge in [-0.15, -0.1) is 0 Å². The van der Waals surface area contributed by atoms with Crippen molar-refractivity contribution < 1.29 is 19.7 Å². The van der Waals surface area contributed by atoms with E-state index in [2.05, 4.69) is 17.1 Å². The van der Waals surface area contributed by atoms with Crippen molar-refractivity contribution in [3.63, 3.8) is 0 Å². The lowest BCUT2D eigenvalue weighted by atomic mass is 9.93. The number of rotatable bonds is 6. The number of ether oxygens (including phenoxy) is 1. The third-order valence-corrected chi connectivity index (χ3v) is 5.83. The van der Waals surface area contributed by atoms with Crippen LogP contribution in [0.1, 0.15) is 58.5 Å². The molecule has 2 heterocycles. The van der Waals surface area contributed by atoms with Crippen LogP contribution >= 0.6 is 0 Å². The number of aromatic nitrogens is 2. The number of fused-ring (bicyclic) bond motifs is 1. The molecule has 7 nitrogen and oxygen atoms in total. The Labute approximate surface area is 181 Å². The van der Waals surface area contributed by atoms with E-state index in [1.807, 2.05) is 24.8 Å². The SMILES string of the molecule is CCCCN1C(=O)c2[nH]nc(-c3c(C)cc(C)cc3O)c2C1c1ccc(O)c(OC)c1. The van der Waals surface area contributed by atoms with Gasteiger partial charge in [0.05, 0.1) is 13.2 Å². The maximum Gasteiger partial charge on any atom is 0.273 e. The van der Waals surface area contributed by atoms with Gasteiger partial charge in [-0.1, -0.05) is 25.5 Å². The van der Waals surface area contributed by atoms with Crippen LogP contribution in [0.5, 0.6) is 17.2 Å². The van der Waals surface area contributed by atoms with Gasteiger partial charge in [0.15, 0.2) is 11.5 Å². The first-order valence-electron chi connectivity index (χ1n) is 10.4. The summed E-state index contributed by atoms with van der Waals surface area (Å²) < 4.78 is 5.31. The number of hydrogen-bond donors (Lipinski definition) is 3. The van der Waals surface area contributed by atoms with E-state index in [0.29, 0.717) is 29.2 Å². The van der Waals surface area contributed by atoms with Crippen LogP contribution in [0, 0.1) is 13.8 Å². The number of H-pyrrole nitrogens is 1. The number of nitrogens with one attached hydrogen (secondary N) is 1. The van der Waals surface area contributed by atoms with E-state index in [-0.39, 0.29) is 17.4 Å². The van der Waals surface area contributed by atoms with Gasteiger partial charge in [-0.3, -0.25) is 9.89 Å². The van der Waals surface area contributed by atoms with Gasteiger partial charge in [-0.05, 0) is 55.2 Å². The second-order valence-electron chi connectivity index (χ2n) is 8.02. The van der Waals surface area contributed by atoms with Crippen molar-refractivity contribution >= 4 is 5.91 Å². The first-order valence-corrected chi connectivity index (χ1v) is 10.4. The molecule has 0 spiro atoms. The average Bonchev–Trinajstić information content (AvgIpc) is 3.25. The molecule has 0 aliphatic carbocycles. The predicted octanol–water partition coefficient (Wildman–Crippen LogP) is 4.46. The summed E-state index contributed by atoms with van der Waals surface area (Å²) in [6, 6.07) is 8.40. The molecule has 3 N–H and O–H groups in total. The van der Waals surface area contributed by atoms with Gasteiger partial charge in [0.2, 0.25) is 0 Å². The number of nitrogens with zero attached hydrogens (tertiary/aromatic N) is 2. The minimum Gasteiger partial charge on any atom is -0.507 e.